The second-order valence-electron chi connectivity index (χ2n) is 4.65. The van der Waals surface area contributed by atoms with E-state index in [1.807, 2.05) is 12.1 Å². The zero-order chi connectivity index (χ0) is 12.3. The molecular formula is C13H18ClNO2. The van der Waals surface area contributed by atoms with Gasteiger partial charge in [-0.3, -0.25) is 0 Å². The van der Waals surface area contributed by atoms with Crippen molar-refractivity contribution in [1.82, 2.24) is 0 Å². The van der Waals surface area contributed by atoms with Crippen LogP contribution in [-0.4, -0.2) is 17.3 Å². The molecule has 0 aliphatic heterocycles. The zero-order valence-corrected chi connectivity index (χ0v) is 10.5. The summed E-state index contributed by atoms with van der Waals surface area (Å²) in [4.78, 5) is 0. The fourth-order valence-corrected chi connectivity index (χ4v) is 2.51. The number of halogens is 1. The first-order valence-electron chi connectivity index (χ1n) is 5.97. The molecule has 0 aromatic heterocycles. The molecule has 3 N–H and O–H groups in total. The van der Waals surface area contributed by atoms with E-state index in [0.717, 1.165) is 31.2 Å². The summed E-state index contributed by atoms with van der Waals surface area (Å²) in [6.45, 7) is 0.679. The molecule has 0 saturated heterocycles. The fourth-order valence-electron chi connectivity index (χ4n) is 2.26. The number of rotatable bonds is 4. The molecule has 17 heavy (non-hydrogen) atoms. The van der Waals surface area contributed by atoms with Crippen molar-refractivity contribution in [2.24, 2.45) is 5.73 Å². The van der Waals surface area contributed by atoms with E-state index >= 15 is 0 Å². The average Bonchev–Trinajstić information content (AvgIpc) is 2.75. The van der Waals surface area contributed by atoms with Gasteiger partial charge in [-0.25, -0.2) is 0 Å². The predicted octanol–water partition coefficient (Wildman–Crippen LogP) is 2.48. The predicted molar refractivity (Wildman–Crippen MR) is 68.3 cm³/mol. The van der Waals surface area contributed by atoms with Gasteiger partial charge in [0.2, 0.25) is 0 Å². The topological polar surface area (TPSA) is 55.5 Å². The third kappa shape index (κ3) is 2.92. The summed E-state index contributed by atoms with van der Waals surface area (Å²) in [5.41, 5.74) is 5.82. The van der Waals surface area contributed by atoms with Gasteiger partial charge in [0, 0.05) is 12.1 Å². The van der Waals surface area contributed by atoms with E-state index in [0.29, 0.717) is 23.9 Å². The molecule has 1 aliphatic carbocycles. The van der Waals surface area contributed by atoms with Crippen LogP contribution >= 0.6 is 11.6 Å². The van der Waals surface area contributed by atoms with Crippen molar-refractivity contribution < 1.29 is 9.84 Å². The van der Waals surface area contributed by atoms with Crippen molar-refractivity contribution >= 4 is 11.6 Å². The van der Waals surface area contributed by atoms with E-state index in [1.165, 1.54) is 0 Å². The summed E-state index contributed by atoms with van der Waals surface area (Å²) in [6.07, 6.45) is 3.73. The van der Waals surface area contributed by atoms with Crippen LogP contribution in [0, 0.1) is 0 Å². The normalized spacial score (nSPS) is 18.3. The van der Waals surface area contributed by atoms with Crippen LogP contribution in [0.1, 0.15) is 31.2 Å². The van der Waals surface area contributed by atoms with Gasteiger partial charge >= 0.3 is 0 Å². The Bertz CT molecular complexity index is 389. The van der Waals surface area contributed by atoms with E-state index in [9.17, 15) is 5.11 Å². The Hall–Kier alpha value is -0.770. The quantitative estimate of drug-likeness (QED) is 0.869. The van der Waals surface area contributed by atoms with Crippen LogP contribution in [0.2, 0.25) is 5.02 Å². The molecule has 1 fully saturated rings. The van der Waals surface area contributed by atoms with Gasteiger partial charge in [-0.05, 0) is 18.9 Å². The number of benzene rings is 1. The molecular weight excluding hydrogens is 238 g/mol. The summed E-state index contributed by atoms with van der Waals surface area (Å²) in [7, 11) is 0. The molecule has 94 valence electrons. The molecule has 0 amide bonds. The van der Waals surface area contributed by atoms with Gasteiger partial charge in [-0.15, -0.1) is 0 Å². The van der Waals surface area contributed by atoms with Crippen LogP contribution in [0.3, 0.4) is 0 Å². The van der Waals surface area contributed by atoms with Crippen LogP contribution in [0.5, 0.6) is 5.75 Å². The van der Waals surface area contributed by atoms with Crippen LogP contribution in [-0.2, 0) is 6.54 Å². The second-order valence-corrected chi connectivity index (χ2v) is 5.06. The highest BCUT2D eigenvalue weighted by molar-refractivity contribution is 6.32. The summed E-state index contributed by atoms with van der Waals surface area (Å²) in [5.74, 6) is 0.608. The van der Waals surface area contributed by atoms with E-state index in [-0.39, 0.29) is 0 Å². The van der Waals surface area contributed by atoms with Gasteiger partial charge < -0.3 is 15.6 Å². The molecule has 0 bridgehead atoms. The SMILES string of the molecule is NCc1cccc(Cl)c1OCC1(O)CCCC1. The minimum absolute atomic E-state index is 0.295. The Kier molecular flexibility index (Phi) is 3.92. The summed E-state index contributed by atoms with van der Waals surface area (Å²) in [6, 6.07) is 5.51. The minimum Gasteiger partial charge on any atom is -0.489 e. The maximum Gasteiger partial charge on any atom is 0.142 e. The van der Waals surface area contributed by atoms with Crippen molar-refractivity contribution in [1.29, 1.82) is 0 Å². The summed E-state index contributed by atoms with van der Waals surface area (Å²) in [5, 5.41) is 10.8. The fraction of sp³-hybridized carbons (Fsp3) is 0.538. The van der Waals surface area contributed by atoms with Crippen molar-refractivity contribution in [2.45, 2.75) is 37.8 Å². The molecule has 1 aliphatic rings. The Morgan fingerprint density at radius 1 is 1.35 bits per heavy atom. The van der Waals surface area contributed by atoms with E-state index < -0.39 is 5.60 Å². The van der Waals surface area contributed by atoms with Gasteiger partial charge in [0.1, 0.15) is 12.4 Å². The number of ether oxygens (including phenoxy) is 1. The van der Waals surface area contributed by atoms with Crippen molar-refractivity contribution in [3.8, 4) is 5.75 Å². The van der Waals surface area contributed by atoms with Crippen LogP contribution in [0.25, 0.3) is 0 Å². The lowest BCUT2D eigenvalue weighted by molar-refractivity contribution is 0.00118. The monoisotopic (exact) mass is 255 g/mol. The lowest BCUT2D eigenvalue weighted by Gasteiger charge is -2.23. The number of hydrogen-bond donors (Lipinski definition) is 2. The lowest BCUT2D eigenvalue weighted by atomic mass is 10.0. The molecule has 0 unspecified atom stereocenters. The first-order chi connectivity index (χ1) is 8.14. The summed E-state index contributed by atoms with van der Waals surface area (Å²) >= 11 is 6.08. The molecule has 0 heterocycles. The maximum atomic E-state index is 10.2. The van der Waals surface area contributed by atoms with E-state index in [1.54, 1.807) is 6.07 Å². The minimum atomic E-state index is -0.689. The number of aliphatic hydroxyl groups is 1. The van der Waals surface area contributed by atoms with Crippen LogP contribution < -0.4 is 10.5 Å². The number of hydrogen-bond acceptors (Lipinski definition) is 3. The Balaban J connectivity index is 2.08. The Morgan fingerprint density at radius 2 is 2.06 bits per heavy atom. The van der Waals surface area contributed by atoms with Crippen molar-refractivity contribution in [2.75, 3.05) is 6.61 Å². The Labute approximate surface area is 107 Å². The molecule has 3 nitrogen and oxygen atoms in total. The second kappa shape index (κ2) is 5.25. The van der Waals surface area contributed by atoms with Gasteiger partial charge in [-0.1, -0.05) is 36.6 Å². The lowest BCUT2D eigenvalue weighted by Crippen LogP contribution is -2.32. The van der Waals surface area contributed by atoms with E-state index in [2.05, 4.69) is 0 Å². The third-order valence-electron chi connectivity index (χ3n) is 3.29. The molecule has 1 aromatic rings. The molecule has 1 saturated carbocycles. The molecule has 0 spiro atoms. The first kappa shape index (κ1) is 12.7. The molecule has 2 rings (SSSR count). The van der Waals surface area contributed by atoms with Crippen molar-refractivity contribution in [3.63, 3.8) is 0 Å². The van der Waals surface area contributed by atoms with Crippen LogP contribution in [0.4, 0.5) is 0 Å². The van der Waals surface area contributed by atoms with Gasteiger partial charge in [0.15, 0.2) is 0 Å². The molecule has 0 atom stereocenters. The van der Waals surface area contributed by atoms with Crippen LogP contribution in [0.15, 0.2) is 18.2 Å². The number of para-hydroxylation sites is 1. The first-order valence-corrected chi connectivity index (χ1v) is 6.35. The molecule has 4 heteroatoms. The standard InChI is InChI=1S/C13H18ClNO2/c14-11-5-3-4-10(8-15)12(11)17-9-13(16)6-1-2-7-13/h3-5,16H,1-2,6-9,15H2. The summed E-state index contributed by atoms with van der Waals surface area (Å²) < 4.78 is 5.68. The highest BCUT2D eigenvalue weighted by Crippen LogP contribution is 2.33. The third-order valence-corrected chi connectivity index (χ3v) is 3.59. The zero-order valence-electron chi connectivity index (χ0n) is 9.79. The highest BCUT2D eigenvalue weighted by Gasteiger charge is 2.32. The Morgan fingerprint density at radius 3 is 2.71 bits per heavy atom. The average molecular weight is 256 g/mol. The van der Waals surface area contributed by atoms with E-state index in [4.69, 9.17) is 22.1 Å². The van der Waals surface area contributed by atoms with Crippen molar-refractivity contribution in [3.05, 3.63) is 28.8 Å². The largest absolute Gasteiger partial charge is 0.489 e. The highest BCUT2D eigenvalue weighted by atomic mass is 35.5. The maximum absolute atomic E-state index is 10.2. The number of nitrogens with two attached hydrogens (primary N) is 1. The van der Waals surface area contributed by atoms with Gasteiger partial charge in [-0.2, -0.15) is 0 Å². The smallest absolute Gasteiger partial charge is 0.142 e. The molecule has 1 aromatic carbocycles. The van der Waals surface area contributed by atoms with Gasteiger partial charge in [0.25, 0.3) is 0 Å². The van der Waals surface area contributed by atoms with Gasteiger partial charge in [0.05, 0.1) is 10.6 Å². The molecule has 0 radical (unpaired) electrons.